The number of amides is 3. The number of aromatic carboxylic acids is 1. The number of alkyl halides is 3. The van der Waals surface area contributed by atoms with Crippen molar-refractivity contribution in [2.24, 2.45) is 7.05 Å². The van der Waals surface area contributed by atoms with Gasteiger partial charge in [0.1, 0.15) is 36.0 Å². The van der Waals surface area contributed by atoms with Gasteiger partial charge in [-0.15, -0.1) is 24.0 Å². The predicted octanol–water partition coefficient (Wildman–Crippen LogP) is 25.4. The number of nitrogens with zero attached hydrogens (tertiary/aromatic N) is 11. The number of benzene rings is 6. The fourth-order valence-electron chi connectivity index (χ4n) is 16.8. The van der Waals surface area contributed by atoms with Crippen LogP contribution in [0.4, 0.5) is 50.3 Å². The Hall–Kier alpha value is -9.75. The summed E-state index contributed by atoms with van der Waals surface area (Å²) in [7, 11) is -0.239. The van der Waals surface area contributed by atoms with E-state index in [2.05, 4.69) is 285 Å². The first kappa shape index (κ1) is 123. The van der Waals surface area contributed by atoms with Gasteiger partial charge in [-0.25, -0.2) is 24.0 Å². The number of piperazine rings is 5. The van der Waals surface area contributed by atoms with E-state index in [0.29, 0.717) is 38.3 Å². The summed E-state index contributed by atoms with van der Waals surface area (Å²) < 4.78 is 68.1. The number of anilines is 4. The van der Waals surface area contributed by atoms with E-state index in [9.17, 15) is 37.5 Å². The SMILES string of the molecule is Brc1ccc2[nH]ccc2c1.C.C.C[C@H]1CN(c2ccc3[nH]ccc3c2)CCN1.C[C@H]1CN(c2ccc3[nH]ccc3c2)CCN1C(=O)OC(C)(C)C.C[C@H]1CN(c2ccc3c(ccn3COCC[Si](C)(C)C)c2)CCN1C(=O)OC(C)(C)C.C[C@H]1CNCCN1C(=O)OC(C)(C)C.C[Si](C)(C)CCOCn1ccc2cc(Br)ccc21.Cc1c(CN2CCN(c3ccccc3Cl)CC2)cc(C(=O)O)n1C.I.O=C(O)C(F)(F)F. The normalized spacial score (nSPS) is 16.8. The second kappa shape index (κ2) is 55.7. The molecule has 3 amide bonds. The summed E-state index contributed by atoms with van der Waals surface area (Å²) in [4.78, 5) is 83.4. The number of carboxylic acid groups (broad SMARTS) is 2. The van der Waals surface area contributed by atoms with Crippen LogP contribution in [-0.4, -0.2) is 270 Å². The molecule has 7 N–H and O–H groups in total. The van der Waals surface area contributed by atoms with Crippen LogP contribution in [-0.2, 0) is 55.5 Å². The van der Waals surface area contributed by atoms with E-state index in [0.717, 1.165) is 148 Å². The molecule has 6 aromatic carbocycles. The van der Waals surface area contributed by atoms with Crippen molar-refractivity contribution in [3.05, 3.63) is 214 Å². The average molecular weight is 2320 g/mol. The van der Waals surface area contributed by atoms with Gasteiger partial charge in [-0.2, -0.15) is 13.2 Å². The van der Waals surface area contributed by atoms with Crippen LogP contribution < -0.4 is 30.2 Å². The lowest BCUT2D eigenvalue weighted by atomic mass is 10.1. The Morgan fingerprint density at radius 3 is 1.29 bits per heavy atom. The second-order valence-electron chi connectivity index (χ2n) is 42.4. The lowest BCUT2D eigenvalue weighted by molar-refractivity contribution is -0.192. The molecule has 5 aliphatic rings. The summed E-state index contributed by atoms with van der Waals surface area (Å²) >= 11 is 13.2. The first-order valence-corrected chi connectivity index (χ1v) is 58.5. The number of halogens is 7. The largest absolute Gasteiger partial charge is 0.490 e. The lowest BCUT2D eigenvalue weighted by Gasteiger charge is -2.41. The van der Waals surface area contributed by atoms with Crippen LogP contribution in [0.2, 0.25) is 56.4 Å². The minimum absolute atomic E-state index is 0. The van der Waals surface area contributed by atoms with Crippen molar-refractivity contribution >= 4 is 191 Å². The van der Waals surface area contributed by atoms with Gasteiger partial charge in [0, 0.05) is 278 Å². The van der Waals surface area contributed by atoms with Crippen LogP contribution in [0.5, 0.6) is 0 Å². The molecule has 0 aliphatic carbocycles. The van der Waals surface area contributed by atoms with Gasteiger partial charge in [0.2, 0.25) is 0 Å². The molecule has 17 rings (SSSR count). The molecule has 5 saturated heterocycles. The highest BCUT2D eigenvalue weighted by Crippen LogP contribution is 2.33. The second-order valence-corrected chi connectivity index (χ2v) is 55.9. The van der Waals surface area contributed by atoms with Crippen molar-refractivity contribution in [2.75, 3.05) is 138 Å². The van der Waals surface area contributed by atoms with E-state index in [1.54, 1.807) is 22.6 Å². The van der Waals surface area contributed by atoms with E-state index in [-0.39, 0.29) is 75.2 Å². The van der Waals surface area contributed by atoms with Crippen LogP contribution in [0.25, 0.3) is 54.5 Å². The van der Waals surface area contributed by atoms with Crippen LogP contribution in [0, 0.1) is 6.92 Å². The number of carbonyl (C=O) groups excluding carboxylic acids is 3. The Balaban J connectivity index is 0.000000232. The van der Waals surface area contributed by atoms with Gasteiger partial charge in [0.05, 0.1) is 21.7 Å². The van der Waals surface area contributed by atoms with Crippen molar-refractivity contribution in [3.63, 3.8) is 0 Å². The maximum absolute atomic E-state index is 12.5. The topological polar surface area (TPSA) is 284 Å². The maximum Gasteiger partial charge on any atom is 0.490 e. The number of carbonyl (C=O) groups is 5. The number of fused-ring (bicyclic) bond motifs is 5. The van der Waals surface area contributed by atoms with Crippen LogP contribution in [0.1, 0.15) is 127 Å². The Morgan fingerprint density at radius 1 is 0.479 bits per heavy atom. The number of aromatic amines is 3. The van der Waals surface area contributed by atoms with E-state index in [4.69, 9.17) is 45.2 Å². The van der Waals surface area contributed by atoms with Crippen LogP contribution >= 0.6 is 67.4 Å². The van der Waals surface area contributed by atoms with Crippen molar-refractivity contribution < 1.29 is 71.0 Å². The molecule has 6 aromatic heterocycles. The molecule has 0 bridgehead atoms. The van der Waals surface area contributed by atoms with Crippen molar-refractivity contribution in [1.29, 1.82) is 0 Å². The summed E-state index contributed by atoms with van der Waals surface area (Å²) in [6, 6.07) is 55.9. The first-order chi connectivity index (χ1) is 67.2. The van der Waals surface area contributed by atoms with Crippen LogP contribution in [0.3, 0.4) is 0 Å². The molecule has 4 atom stereocenters. The number of para-hydroxylation sites is 1. The smallest absolute Gasteiger partial charge is 0.477 e. The van der Waals surface area contributed by atoms with Crippen molar-refractivity contribution in [2.45, 2.75) is 230 Å². The standard InChI is InChI=1S/C24H39N3O3Si.C18H22ClN3O2.C18H25N3O2.C14H20BrNOSi.C13H17N3.C10H20N2O2.C8H6BrN.C2HF3O2.2CH4.HI/c1-19-17-25(12-13-27(19)23(28)30-24(2,3)4)21-8-9-22-20(16-21)10-11-26(22)18-29-14-15-31(5,6)7;1-13-14(11-17(18(23)24)20(13)2)12-21-7-9-22(10-8-21)16-6-4-3-5-15(16)19;1-13-12-20(9-10-21(13)17(22)23-18(2,3)4)15-5-6-16-14(11-15)7-8-19-16;1-18(2,3)9-8-17-11-16-7-6-12-10-13(15)4-5-14(12)16;1-10-9-16(7-6-14-10)12-2-3-13-11(8-12)4-5-15-13;1-8-7-11-5-6-12(8)9(13)14-10(2,3)4;9-7-1-2-8-6(5-7)3-4-10-8;3-2(4,5)1(6)7;;;/h8-11,16,19H,12-15,17-18H2,1-7H3;3-6,11H,7-10,12H2,1-2H3,(H,23,24);5-8,11,13,19H,9-10,12H2,1-4H3;4-7,10H,8-9,11H2,1-3H3;2-5,8,10,14-15H,6-7,9H2,1H3;8,11H,5-7H2,1-4H3;1-5,10H;(H,6,7);2*1H4;1H/t19-;;13-;;10-;8-;;;;;/m0.0.00...../s1. The Morgan fingerprint density at radius 2 is 0.877 bits per heavy atom. The van der Waals surface area contributed by atoms with Crippen molar-refractivity contribution in [1.82, 2.24) is 58.9 Å². The van der Waals surface area contributed by atoms with Gasteiger partial charge in [-0.05, 0) is 254 Å². The molecule has 804 valence electrons. The van der Waals surface area contributed by atoms with E-state index >= 15 is 0 Å². The Labute approximate surface area is 902 Å². The Kier molecular flexibility index (Phi) is 47.0. The summed E-state index contributed by atoms with van der Waals surface area (Å²) in [5, 5.41) is 30.1. The van der Waals surface area contributed by atoms with Gasteiger partial charge in [-0.1, -0.05) is 110 Å². The molecular weight excluding hydrogens is 2160 g/mol. The van der Waals surface area contributed by atoms with Gasteiger partial charge in [0.15, 0.2) is 0 Å². The van der Waals surface area contributed by atoms with E-state index in [1.807, 2.05) is 129 Å². The van der Waals surface area contributed by atoms with Crippen molar-refractivity contribution in [3.8, 4) is 0 Å². The maximum atomic E-state index is 12.5. The van der Waals surface area contributed by atoms with Crippen LogP contribution in [0.15, 0.2) is 192 Å². The highest BCUT2D eigenvalue weighted by molar-refractivity contribution is 14.0. The zero-order chi connectivity index (χ0) is 105. The van der Waals surface area contributed by atoms with Gasteiger partial charge in [0.25, 0.3) is 0 Å². The number of aliphatic carboxylic acids is 1. The van der Waals surface area contributed by atoms with Gasteiger partial charge in [-0.3, -0.25) is 4.90 Å². The number of aromatic nitrogens is 6. The highest BCUT2D eigenvalue weighted by Gasteiger charge is 2.39. The number of H-pyrrole nitrogens is 3. The molecule has 11 heterocycles. The third kappa shape index (κ3) is 38.7. The zero-order valence-electron chi connectivity index (χ0n) is 87.5. The number of ether oxygens (including phenoxy) is 5. The fraction of sp³-hybridized carbons (Fsp3) is 0.495. The monoisotopic (exact) mass is 2320 g/mol. The first-order valence-electron chi connectivity index (χ1n) is 49.2. The number of hydrogen-bond donors (Lipinski definition) is 7. The molecule has 5 aliphatic heterocycles. The molecule has 37 heteroatoms. The quantitative estimate of drug-likeness (QED) is 0.0193. The summed E-state index contributed by atoms with van der Waals surface area (Å²) in [6.07, 6.45) is 4.36. The van der Waals surface area contributed by atoms with E-state index < -0.39 is 51.1 Å². The molecule has 28 nitrogen and oxygen atoms in total. The molecule has 146 heavy (non-hydrogen) atoms. The van der Waals surface area contributed by atoms with E-state index in [1.165, 1.54) is 78.1 Å². The molecule has 0 radical (unpaired) electrons. The molecule has 0 spiro atoms. The van der Waals surface area contributed by atoms with Gasteiger partial charge >= 0.3 is 36.4 Å². The minimum Gasteiger partial charge on any atom is -0.477 e. The zero-order valence-corrected chi connectivity index (χ0v) is 95.7. The minimum atomic E-state index is -5.08. The number of nitrogens with one attached hydrogen (secondary N) is 5. The summed E-state index contributed by atoms with van der Waals surface area (Å²) in [5.74, 6) is -3.64. The lowest BCUT2D eigenvalue weighted by Crippen LogP contribution is -2.55. The molecule has 5 fully saturated rings. The van der Waals surface area contributed by atoms with Gasteiger partial charge < -0.3 is 107 Å². The third-order valence-corrected chi connectivity index (χ3v) is 29.4. The molecule has 0 saturated carbocycles. The molecule has 0 unspecified atom stereocenters. The number of hydrogen-bond acceptors (Lipinski definition) is 17. The average Bonchev–Trinajstić information content (AvgIpc) is 1.58. The third-order valence-electron chi connectivity index (χ3n) is 24.7. The fourth-order valence-corrected chi connectivity index (χ4v) is 19.3. The summed E-state index contributed by atoms with van der Waals surface area (Å²) in [5.41, 5.74) is 11.9. The molecular formula is C109H159Br2ClF3IN16O12Si2. The number of rotatable bonds is 17. The predicted molar refractivity (Wildman–Crippen MR) is 615 cm³/mol. The summed E-state index contributed by atoms with van der Waals surface area (Å²) in [6.45, 7) is 59.4. The molecule has 12 aromatic rings. The Bertz CT molecular complexity index is 6130. The highest BCUT2D eigenvalue weighted by atomic mass is 127. The number of carboxylic acids is 2.